The van der Waals surface area contributed by atoms with Gasteiger partial charge in [0, 0.05) is 12.1 Å². The molecule has 0 saturated carbocycles. The molecule has 2 rings (SSSR count). The zero-order valence-electron chi connectivity index (χ0n) is 10.2. The molecule has 2 N–H and O–H groups in total. The van der Waals surface area contributed by atoms with Crippen LogP contribution in [0.1, 0.15) is 0 Å². The van der Waals surface area contributed by atoms with Gasteiger partial charge in [0.25, 0.3) is 0 Å². The minimum atomic E-state index is -0.811. The first kappa shape index (κ1) is 14.4. The molecule has 0 aromatic heterocycles. The van der Waals surface area contributed by atoms with Crippen LogP contribution in [0.15, 0.2) is 16.6 Å². The highest BCUT2D eigenvalue weighted by Gasteiger charge is 2.33. The summed E-state index contributed by atoms with van der Waals surface area (Å²) in [6.07, 6.45) is 0. The highest BCUT2D eigenvalue weighted by atomic mass is 79.9. The Labute approximate surface area is 117 Å². The van der Waals surface area contributed by atoms with Crippen LogP contribution < -0.4 is 10.6 Å². The van der Waals surface area contributed by atoms with Crippen LogP contribution in [0.25, 0.3) is 0 Å². The van der Waals surface area contributed by atoms with E-state index in [1.54, 1.807) is 7.05 Å². The monoisotopic (exact) mass is 334 g/mol. The van der Waals surface area contributed by atoms with Gasteiger partial charge in [0.05, 0.1) is 29.3 Å². The number of hydrogen-bond donors (Lipinski definition) is 2. The maximum atomic E-state index is 13.5. The smallest absolute Gasteiger partial charge is 0.231 e. The zero-order chi connectivity index (χ0) is 14.0. The Hall–Kier alpha value is -1.05. The van der Waals surface area contributed by atoms with Crippen LogP contribution in [-0.2, 0) is 9.53 Å². The number of ether oxygens (including phenoxy) is 1. The van der Waals surface area contributed by atoms with Gasteiger partial charge in [0.1, 0.15) is 11.6 Å². The molecular formula is C12H13BrF2N2O2. The van der Waals surface area contributed by atoms with Gasteiger partial charge in [-0.15, -0.1) is 0 Å². The lowest BCUT2D eigenvalue weighted by Gasteiger charge is -2.16. The lowest BCUT2D eigenvalue weighted by molar-refractivity contribution is -0.120. The number of nitrogens with one attached hydrogen (secondary N) is 2. The van der Waals surface area contributed by atoms with E-state index in [1.165, 1.54) is 6.07 Å². The summed E-state index contributed by atoms with van der Waals surface area (Å²) in [6.45, 7) is 0.714. The fourth-order valence-electron chi connectivity index (χ4n) is 1.94. The number of hydrogen-bond acceptors (Lipinski definition) is 3. The largest absolute Gasteiger partial charge is 0.379 e. The molecular weight excluding hydrogens is 322 g/mol. The van der Waals surface area contributed by atoms with E-state index in [0.29, 0.717) is 6.61 Å². The third-order valence-electron chi connectivity index (χ3n) is 3.06. The molecule has 1 heterocycles. The van der Waals surface area contributed by atoms with Gasteiger partial charge in [-0.1, -0.05) is 0 Å². The molecule has 1 fully saturated rings. The van der Waals surface area contributed by atoms with Crippen LogP contribution in [-0.4, -0.2) is 32.2 Å². The van der Waals surface area contributed by atoms with Crippen molar-refractivity contribution in [1.82, 2.24) is 5.32 Å². The maximum Gasteiger partial charge on any atom is 0.231 e. The molecule has 4 nitrogen and oxygen atoms in total. The molecule has 1 aliphatic heterocycles. The molecule has 1 saturated heterocycles. The molecule has 1 amide bonds. The van der Waals surface area contributed by atoms with Crippen molar-refractivity contribution in [3.63, 3.8) is 0 Å². The van der Waals surface area contributed by atoms with E-state index in [0.717, 1.165) is 6.07 Å². The van der Waals surface area contributed by atoms with E-state index in [9.17, 15) is 13.6 Å². The summed E-state index contributed by atoms with van der Waals surface area (Å²) in [4.78, 5) is 12.0. The Morgan fingerprint density at radius 1 is 1.37 bits per heavy atom. The normalized spacial score (nSPS) is 22.5. The number of anilines is 1. The Bertz CT molecular complexity index is 499. The van der Waals surface area contributed by atoms with Crippen LogP contribution in [0, 0.1) is 17.6 Å². The molecule has 1 aliphatic rings. The maximum absolute atomic E-state index is 13.5. The van der Waals surface area contributed by atoms with Crippen LogP contribution in [0.5, 0.6) is 0 Å². The lowest BCUT2D eigenvalue weighted by atomic mass is 10.0. The Morgan fingerprint density at radius 3 is 2.79 bits per heavy atom. The second-order valence-corrected chi connectivity index (χ2v) is 5.13. The molecule has 7 heteroatoms. The molecule has 0 aliphatic carbocycles. The summed E-state index contributed by atoms with van der Waals surface area (Å²) in [7, 11) is 1.73. The average Bonchev–Trinajstić information content (AvgIpc) is 2.84. The third kappa shape index (κ3) is 3.10. The molecule has 0 radical (unpaired) electrons. The fraction of sp³-hybridized carbons (Fsp3) is 0.417. The van der Waals surface area contributed by atoms with E-state index in [1.807, 2.05) is 0 Å². The predicted molar refractivity (Wildman–Crippen MR) is 69.8 cm³/mol. The quantitative estimate of drug-likeness (QED) is 0.830. The SMILES string of the molecule is CNC1COCC1C(=O)Nc1cc(Br)c(F)cc1F. The molecule has 2 atom stereocenters. The van der Waals surface area contributed by atoms with Crippen LogP contribution in [0.2, 0.25) is 0 Å². The van der Waals surface area contributed by atoms with Crippen molar-refractivity contribution in [2.45, 2.75) is 6.04 Å². The Kier molecular flexibility index (Phi) is 4.49. The van der Waals surface area contributed by atoms with Gasteiger partial charge in [-0.25, -0.2) is 8.78 Å². The number of carbonyl (C=O) groups excluding carboxylic acids is 1. The summed E-state index contributed by atoms with van der Waals surface area (Å²) in [6, 6.07) is 1.82. The standard InChI is InChI=1S/C12H13BrF2N2O2/c1-16-11-5-19-4-6(11)12(18)17-10-2-7(13)8(14)3-9(10)15/h2-3,6,11,16H,4-5H2,1H3,(H,17,18). The van der Waals surface area contributed by atoms with Gasteiger partial charge in [-0.05, 0) is 29.0 Å². The molecule has 0 bridgehead atoms. The summed E-state index contributed by atoms with van der Waals surface area (Å²) in [5, 5.41) is 5.42. The van der Waals surface area contributed by atoms with Crippen molar-refractivity contribution < 1.29 is 18.3 Å². The van der Waals surface area contributed by atoms with Crippen LogP contribution in [0.3, 0.4) is 0 Å². The molecule has 1 aromatic carbocycles. The van der Waals surface area contributed by atoms with Gasteiger partial charge in [-0.2, -0.15) is 0 Å². The first-order valence-electron chi connectivity index (χ1n) is 5.73. The van der Waals surface area contributed by atoms with Gasteiger partial charge >= 0.3 is 0 Å². The highest BCUT2D eigenvalue weighted by Crippen LogP contribution is 2.25. The molecule has 104 valence electrons. The third-order valence-corrected chi connectivity index (χ3v) is 3.66. The van der Waals surface area contributed by atoms with Gasteiger partial charge in [0.2, 0.25) is 5.91 Å². The van der Waals surface area contributed by atoms with Gasteiger partial charge in [-0.3, -0.25) is 4.79 Å². The molecule has 19 heavy (non-hydrogen) atoms. The van der Waals surface area contributed by atoms with Crippen molar-refractivity contribution in [2.75, 3.05) is 25.6 Å². The number of benzene rings is 1. The molecule has 0 spiro atoms. The Morgan fingerprint density at radius 2 is 2.11 bits per heavy atom. The van der Waals surface area contributed by atoms with Crippen LogP contribution >= 0.6 is 15.9 Å². The van der Waals surface area contributed by atoms with E-state index in [4.69, 9.17) is 4.74 Å². The van der Waals surface area contributed by atoms with E-state index in [-0.39, 0.29) is 28.7 Å². The van der Waals surface area contributed by atoms with Gasteiger partial charge < -0.3 is 15.4 Å². The number of amides is 1. The summed E-state index contributed by atoms with van der Waals surface area (Å²) < 4.78 is 31.9. The van der Waals surface area contributed by atoms with Crippen molar-refractivity contribution >= 4 is 27.5 Å². The molecule has 1 aromatic rings. The number of rotatable bonds is 3. The highest BCUT2D eigenvalue weighted by molar-refractivity contribution is 9.10. The van der Waals surface area contributed by atoms with E-state index < -0.39 is 17.6 Å². The van der Waals surface area contributed by atoms with E-state index in [2.05, 4.69) is 26.6 Å². The predicted octanol–water partition coefficient (Wildman–Crippen LogP) is 1.90. The van der Waals surface area contributed by atoms with Crippen LogP contribution in [0.4, 0.5) is 14.5 Å². The fourth-order valence-corrected chi connectivity index (χ4v) is 2.28. The number of carbonyl (C=O) groups is 1. The van der Waals surface area contributed by atoms with Crippen molar-refractivity contribution in [1.29, 1.82) is 0 Å². The summed E-state index contributed by atoms with van der Waals surface area (Å²) in [5.74, 6) is -2.27. The minimum absolute atomic E-state index is 0.0555. The first-order chi connectivity index (χ1) is 9.02. The first-order valence-corrected chi connectivity index (χ1v) is 6.52. The number of likely N-dealkylation sites (N-methyl/N-ethyl adjacent to an activating group) is 1. The Balaban J connectivity index is 2.13. The summed E-state index contributed by atoms with van der Waals surface area (Å²) >= 11 is 2.95. The van der Waals surface area contributed by atoms with E-state index >= 15 is 0 Å². The van der Waals surface area contributed by atoms with Gasteiger partial charge in [0.15, 0.2) is 0 Å². The summed E-state index contributed by atoms with van der Waals surface area (Å²) in [5.41, 5.74) is -0.0555. The molecule has 2 unspecified atom stereocenters. The van der Waals surface area contributed by atoms with Crippen molar-refractivity contribution in [2.24, 2.45) is 5.92 Å². The lowest BCUT2D eigenvalue weighted by Crippen LogP contribution is -2.39. The number of halogens is 3. The second-order valence-electron chi connectivity index (χ2n) is 4.27. The topological polar surface area (TPSA) is 50.4 Å². The average molecular weight is 335 g/mol. The zero-order valence-corrected chi connectivity index (χ0v) is 11.8. The van der Waals surface area contributed by atoms with Crippen molar-refractivity contribution in [3.05, 3.63) is 28.2 Å². The second kappa shape index (κ2) is 5.94. The minimum Gasteiger partial charge on any atom is -0.379 e. The van der Waals surface area contributed by atoms with Crippen molar-refractivity contribution in [3.8, 4) is 0 Å².